The molecule has 3 atom stereocenters. The highest BCUT2D eigenvalue weighted by molar-refractivity contribution is 5.79. The highest BCUT2D eigenvalue weighted by Gasteiger charge is 2.29. The lowest BCUT2D eigenvalue weighted by Gasteiger charge is -2.25. The zero-order chi connectivity index (χ0) is 16.1. The van der Waals surface area contributed by atoms with Crippen molar-refractivity contribution >= 4 is 5.91 Å². The molecule has 1 aliphatic rings. The monoisotopic (exact) mass is 304 g/mol. The molecule has 4 nitrogen and oxygen atoms in total. The summed E-state index contributed by atoms with van der Waals surface area (Å²) in [6.45, 7) is 4.28. The van der Waals surface area contributed by atoms with Crippen LogP contribution in [0.25, 0.3) is 0 Å². The zero-order valence-electron chi connectivity index (χ0n) is 13.8. The molecule has 0 saturated heterocycles. The Hall–Kier alpha value is -1.55. The maximum absolute atomic E-state index is 12.5. The van der Waals surface area contributed by atoms with Crippen LogP contribution in [0.3, 0.4) is 0 Å². The van der Waals surface area contributed by atoms with Gasteiger partial charge in [0.05, 0.1) is 7.11 Å². The lowest BCUT2D eigenvalue weighted by molar-refractivity contribution is -0.125. The molecular formula is C18H28N2O2. The molecule has 3 N–H and O–H groups in total. The molecule has 1 fully saturated rings. The van der Waals surface area contributed by atoms with E-state index in [-0.39, 0.29) is 23.9 Å². The number of rotatable bonds is 6. The minimum absolute atomic E-state index is 0.0777. The van der Waals surface area contributed by atoms with Gasteiger partial charge in [-0.3, -0.25) is 4.79 Å². The molecule has 4 heteroatoms. The Morgan fingerprint density at radius 3 is 2.68 bits per heavy atom. The largest absolute Gasteiger partial charge is 0.496 e. The first-order chi connectivity index (χ1) is 10.5. The van der Waals surface area contributed by atoms with E-state index in [2.05, 4.69) is 25.2 Å². The molecule has 1 amide bonds. The normalized spacial score (nSPS) is 22.6. The van der Waals surface area contributed by atoms with Gasteiger partial charge >= 0.3 is 0 Å². The molecule has 2 rings (SSSR count). The minimum atomic E-state index is 0.0777. The fourth-order valence-electron chi connectivity index (χ4n) is 3.12. The van der Waals surface area contributed by atoms with Gasteiger partial charge in [0.25, 0.3) is 0 Å². The lowest BCUT2D eigenvalue weighted by atomic mass is 9.94. The van der Waals surface area contributed by atoms with Crippen molar-refractivity contribution in [2.45, 2.75) is 51.6 Å². The van der Waals surface area contributed by atoms with Gasteiger partial charge in [-0.1, -0.05) is 32.0 Å². The number of nitrogens with two attached hydrogens (primary N) is 1. The number of para-hydroxylation sites is 1. The van der Waals surface area contributed by atoms with E-state index in [0.29, 0.717) is 5.92 Å². The molecule has 1 aromatic carbocycles. The number of nitrogens with one attached hydrogen (secondary N) is 1. The van der Waals surface area contributed by atoms with Gasteiger partial charge in [-0.2, -0.15) is 0 Å². The Morgan fingerprint density at radius 1 is 1.36 bits per heavy atom. The number of hydrogen-bond acceptors (Lipinski definition) is 3. The molecule has 0 bridgehead atoms. The third-order valence-corrected chi connectivity index (χ3v) is 4.61. The summed E-state index contributed by atoms with van der Waals surface area (Å²) in [5, 5.41) is 3.23. The van der Waals surface area contributed by atoms with E-state index in [0.717, 1.165) is 37.0 Å². The van der Waals surface area contributed by atoms with Crippen LogP contribution in [-0.2, 0) is 11.2 Å². The van der Waals surface area contributed by atoms with Crippen molar-refractivity contribution in [1.29, 1.82) is 0 Å². The molecule has 0 heterocycles. The van der Waals surface area contributed by atoms with Crippen LogP contribution in [0.4, 0.5) is 0 Å². The summed E-state index contributed by atoms with van der Waals surface area (Å²) in [4.78, 5) is 12.5. The Kier molecular flexibility index (Phi) is 5.83. The number of ether oxygens (including phenoxy) is 1. The Morgan fingerprint density at radius 2 is 2.09 bits per heavy atom. The molecule has 0 aliphatic heterocycles. The maximum Gasteiger partial charge on any atom is 0.223 e. The predicted octanol–water partition coefficient (Wildman–Crippen LogP) is 2.51. The van der Waals surface area contributed by atoms with Gasteiger partial charge < -0.3 is 15.8 Å². The van der Waals surface area contributed by atoms with Crippen molar-refractivity contribution in [1.82, 2.24) is 5.32 Å². The summed E-state index contributed by atoms with van der Waals surface area (Å²) in [6.07, 6.45) is 3.46. The quantitative estimate of drug-likeness (QED) is 0.848. The third kappa shape index (κ3) is 4.23. The number of carbonyl (C=O) groups excluding carboxylic acids is 1. The van der Waals surface area contributed by atoms with Crippen LogP contribution >= 0.6 is 0 Å². The number of hydrogen-bond donors (Lipinski definition) is 2. The van der Waals surface area contributed by atoms with E-state index in [1.807, 2.05) is 18.2 Å². The number of benzene rings is 1. The van der Waals surface area contributed by atoms with E-state index in [1.165, 1.54) is 0 Å². The average Bonchev–Trinajstić information content (AvgIpc) is 2.93. The van der Waals surface area contributed by atoms with Crippen molar-refractivity contribution < 1.29 is 9.53 Å². The van der Waals surface area contributed by atoms with E-state index >= 15 is 0 Å². The summed E-state index contributed by atoms with van der Waals surface area (Å²) in [5.74, 6) is 1.48. The smallest absolute Gasteiger partial charge is 0.223 e. The van der Waals surface area contributed by atoms with Crippen LogP contribution in [0, 0.1) is 11.8 Å². The summed E-state index contributed by atoms with van der Waals surface area (Å²) >= 11 is 0. The fraction of sp³-hybridized carbons (Fsp3) is 0.611. The standard InChI is InChI=1S/C18H28N2O2/c1-12(2)16(11-13-6-4-5-7-17(13)22-3)20-18(21)14-8-9-15(19)10-14/h4-7,12,14-16H,8-11,19H2,1-3H3,(H,20,21). The first-order valence-electron chi connectivity index (χ1n) is 8.19. The van der Waals surface area contributed by atoms with E-state index < -0.39 is 0 Å². The van der Waals surface area contributed by atoms with Crippen LogP contribution in [0.5, 0.6) is 5.75 Å². The van der Waals surface area contributed by atoms with Gasteiger partial charge in [-0.15, -0.1) is 0 Å². The lowest BCUT2D eigenvalue weighted by Crippen LogP contribution is -2.43. The molecule has 22 heavy (non-hydrogen) atoms. The summed E-state index contributed by atoms with van der Waals surface area (Å²) in [5.41, 5.74) is 7.05. The highest BCUT2D eigenvalue weighted by Crippen LogP contribution is 2.25. The van der Waals surface area contributed by atoms with Crippen molar-refractivity contribution in [2.75, 3.05) is 7.11 Å². The molecule has 3 unspecified atom stereocenters. The third-order valence-electron chi connectivity index (χ3n) is 4.61. The maximum atomic E-state index is 12.5. The second-order valence-corrected chi connectivity index (χ2v) is 6.65. The molecule has 1 saturated carbocycles. The topological polar surface area (TPSA) is 64.3 Å². The average molecular weight is 304 g/mol. The van der Waals surface area contributed by atoms with E-state index in [9.17, 15) is 4.79 Å². The first kappa shape index (κ1) is 16.8. The zero-order valence-corrected chi connectivity index (χ0v) is 13.8. The van der Waals surface area contributed by atoms with E-state index in [1.54, 1.807) is 7.11 Å². The van der Waals surface area contributed by atoms with Crippen LogP contribution in [0.15, 0.2) is 24.3 Å². The molecule has 1 aliphatic carbocycles. The molecule has 1 aromatic rings. The van der Waals surface area contributed by atoms with E-state index in [4.69, 9.17) is 10.5 Å². The first-order valence-corrected chi connectivity index (χ1v) is 8.19. The summed E-state index contributed by atoms with van der Waals surface area (Å²) in [6, 6.07) is 8.29. The Bertz CT molecular complexity index is 502. The summed E-state index contributed by atoms with van der Waals surface area (Å²) < 4.78 is 5.42. The fourth-order valence-corrected chi connectivity index (χ4v) is 3.12. The van der Waals surface area contributed by atoms with Crippen molar-refractivity contribution in [3.63, 3.8) is 0 Å². The van der Waals surface area contributed by atoms with Crippen molar-refractivity contribution in [3.8, 4) is 5.75 Å². The van der Waals surface area contributed by atoms with Crippen LogP contribution in [0.1, 0.15) is 38.7 Å². The summed E-state index contributed by atoms with van der Waals surface area (Å²) in [7, 11) is 1.68. The molecule has 0 spiro atoms. The van der Waals surface area contributed by atoms with Gasteiger partial charge in [-0.25, -0.2) is 0 Å². The molecule has 0 aromatic heterocycles. The molecule has 0 radical (unpaired) electrons. The van der Waals surface area contributed by atoms with Crippen LogP contribution in [0.2, 0.25) is 0 Å². The van der Waals surface area contributed by atoms with Gasteiger partial charge in [0.1, 0.15) is 5.75 Å². The number of amides is 1. The Balaban J connectivity index is 2.02. The predicted molar refractivity (Wildman–Crippen MR) is 88.8 cm³/mol. The molecule has 122 valence electrons. The second-order valence-electron chi connectivity index (χ2n) is 6.65. The van der Waals surface area contributed by atoms with Crippen molar-refractivity contribution in [3.05, 3.63) is 29.8 Å². The SMILES string of the molecule is COc1ccccc1CC(NC(=O)C1CCC(N)C1)C(C)C. The number of methoxy groups -OCH3 is 1. The van der Waals surface area contributed by atoms with Crippen LogP contribution < -0.4 is 15.8 Å². The van der Waals surface area contributed by atoms with Gasteiger partial charge in [0.15, 0.2) is 0 Å². The van der Waals surface area contributed by atoms with Gasteiger partial charge in [-0.05, 0) is 43.2 Å². The van der Waals surface area contributed by atoms with Crippen molar-refractivity contribution in [2.24, 2.45) is 17.6 Å². The second kappa shape index (κ2) is 7.63. The number of carbonyl (C=O) groups is 1. The molecular weight excluding hydrogens is 276 g/mol. The highest BCUT2D eigenvalue weighted by atomic mass is 16.5. The minimum Gasteiger partial charge on any atom is -0.496 e. The van der Waals surface area contributed by atoms with Gasteiger partial charge in [0.2, 0.25) is 5.91 Å². The van der Waals surface area contributed by atoms with Gasteiger partial charge in [0, 0.05) is 18.0 Å². The van der Waals surface area contributed by atoms with Crippen LogP contribution in [-0.4, -0.2) is 25.1 Å². The Labute approximate surface area is 133 Å².